The quantitative estimate of drug-likeness (QED) is 0.716. The average Bonchev–Trinajstić information content (AvgIpc) is 2.61. The fraction of sp³-hybridized carbons (Fsp3) is 0. The van der Waals surface area contributed by atoms with Gasteiger partial charge in [0.25, 0.3) is 0 Å². The predicted octanol–water partition coefficient (Wildman–Crippen LogP) is 2.35. The van der Waals surface area contributed by atoms with Crippen molar-refractivity contribution in [3.05, 3.63) is 42.2 Å². The summed E-state index contributed by atoms with van der Waals surface area (Å²) in [7, 11) is 0. The number of aromatic nitrogens is 2. The number of aromatic amines is 1. The number of benzene rings is 1. The van der Waals surface area contributed by atoms with Crippen molar-refractivity contribution < 1.29 is 8.78 Å². The van der Waals surface area contributed by atoms with E-state index in [9.17, 15) is 8.78 Å². The Morgan fingerprint density at radius 1 is 1.23 bits per heavy atom. The highest BCUT2D eigenvalue weighted by Gasteiger charge is 2.06. The lowest BCUT2D eigenvalue weighted by atomic mass is 10.1. The van der Waals surface area contributed by atoms with Crippen LogP contribution in [0, 0.1) is 11.6 Å². The lowest BCUT2D eigenvalue weighted by Gasteiger charge is -1.98. The van der Waals surface area contributed by atoms with Crippen molar-refractivity contribution >= 4 is 0 Å². The molecule has 0 atom stereocenters. The van der Waals surface area contributed by atoms with E-state index in [-0.39, 0.29) is 5.56 Å². The molecule has 0 amide bonds. The maximum Gasteiger partial charge on any atom is 0.131 e. The summed E-state index contributed by atoms with van der Waals surface area (Å²) in [4.78, 5) is 0. The maximum atomic E-state index is 13.1. The van der Waals surface area contributed by atoms with Crippen LogP contribution in [0.1, 0.15) is 0 Å². The molecule has 0 bridgehead atoms. The Kier molecular flexibility index (Phi) is 1.81. The summed E-state index contributed by atoms with van der Waals surface area (Å²) in [6, 6.07) is 3.32. The molecule has 0 saturated heterocycles. The van der Waals surface area contributed by atoms with Crippen molar-refractivity contribution in [1.29, 1.82) is 0 Å². The van der Waals surface area contributed by atoms with Gasteiger partial charge < -0.3 is 0 Å². The minimum absolute atomic E-state index is 0.216. The third-order valence-corrected chi connectivity index (χ3v) is 1.74. The first kappa shape index (κ1) is 7.91. The number of H-pyrrole nitrogens is 1. The maximum absolute atomic E-state index is 13.1. The molecular formula is C9H6F2N2. The van der Waals surface area contributed by atoms with Crippen LogP contribution in [0.25, 0.3) is 11.1 Å². The second-order valence-corrected chi connectivity index (χ2v) is 2.61. The first-order chi connectivity index (χ1) is 6.27. The smallest absolute Gasteiger partial charge is 0.131 e. The largest absolute Gasteiger partial charge is 0.285 e. The summed E-state index contributed by atoms with van der Waals surface area (Å²) in [6.07, 6.45) is 2.95. The van der Waals surface area contributed by atoms with Gasteiger partial charge in [-0.2, -0.15) is 5.10 Å². The van der Waals surface area contributed by atoms with Crippen LogP contribution >= 0.6 is 0 Å². The molecule has 0 aliphatic carbocycles. The molecule has 0 fully saturated rings. The van der Waals surface area contributed by atoms with Crippen molar-refractivity contribution in [3.63, 3.8) is 0 Å². The predicted molar refractivity (Wildman–Crippen MR) is 43.9 cm³/mol. The van der Waals surface area contributed by atoms with E-state index in [2.05, 4.69) is 10.2 Å². The lowest BCUT2D eigenvalue weighted by molar-refractivity contribution is 0.603. The van der Waals surface area contributed by atoms with Gasteiger partial charge in [-0.15, -0.1) is 0 Å². The van der Waals surface area contributed by atoms with Crippen LogP contribution in [-0.4, -0.2) is 10.2 Å². The van der Waals surface area contributed by atoms with Crippen molar-refractivity contribution in [2.75, 3.05) is 0 Å². The minimum Gasteiger partial charge on any atom is -0.285 e. The zero-order chi connectivity index (χ0) is 9.26. The molecular weight excluding hydrogens is 174 g/mol. The molecule has 1 N–H and O–H groups in total. The number of nitrogens with one attached hydrogen (secondary N) is 1. The molecule has 1 aromatic heterocycles. The van der Waals surface area contributed by atoms with Crippen molar-refractivity contribution in [2.45, 2.75) is 0 Å². The van der Waals surface area contributed by atoms with E-state index in [1.165, 1.54) is 12.4 Å². The van der Waals surface area contributed by atoms with Gasteiger partial charge in [-0.3, -0.25) is 5.10 Å². The normalized spacial score (nSPS) is 10.3. The molecule has 66 valence electrons. The second-order valence-electron chi connectivity index (χ2n) is 2.61. The summed E-state index contributed by atoms with van der Waals surface area (Å²) >= 11 is 0. The monoisotopic (exact) mass is 180 g/mol. The van der Waals surface area contributed by atoms with Gasteiger partial charge in [-0.05, 0) is 18.2 Å². The van der Waals surface area contributed by atoms with Crippen LogP contribution in [0.5, 0.6) is 0 Å². The number of rotatable bonds is 1. The lowest BCUT2D eigenvalue weighted by Crippen LogP contribution is -1.84. The number of halogens is 2. The number of nitrogens with zero attached hydrogens (tertiary/aromatic N) is 1. The Hall–Kier alpha value is -1.71. The first-order valence-electron chi connectivity index (χ1n) is 3.71. The summed E-state index contributed by atoms with van der Waals surface area (Å²) in [5.74, 6) is -0.916. The molecule has 0 saturated carbocycles. The summed E-state index contributed by atoms with van der Waals surface area (Å²) in [5.41, 5.74) is 0.755. The molecule has 2 rings (SSSR count). The van der Waals surface area contributed by atoms with E-state index in [1.54, 1.807) is 0 Å². The Morgan fingerprint density at radius 3 is 2.77 bits per heavy atom. The van der Waals surface area contributed by atoms with Gasteiger partial charge in [-0.1, -0.05) is 0 Å². The van der Waals surface area contributed by atoms with Gasteiger partial charge in [0.15, 0.2) is 0 Å². The molecule has 1 aromatic carbocycles. The van der Waals surface area contributed by atoms with E-state index in [1.807, 2.05) is 0 Å². The first-order valence-corrected chi connectivity index (χ1v) is 3.71. The van der Waals surface area contributed by atoms with Crippen LogP contribution in [0.3, 0.4) is 0 Å². The number of hydrogen-bond donors (Lipinski definition) is 1. The van der Waals surface area contributed by atoms with Crippen LogP contribution in [-0.2, 0) is 0 Å². The van der Waals surface area contributed by atoms with Crippen LogP contribution in [0.4, 0.5) is 8.78 Å². The van der Waals surface area contributed by atoms with Crippen molar-refractivity contribution in [1.82, 2.24) is 10.2 Å². The van der Waals surface area contributed by atoms with E-state index in [4.69, 9.17) is 0 Å². The molecule has 1 heterocycles. The summed E-state index contributed by atoms with van der Waals surface area (Å²) in [5, 5.41) is 6.19. The average molecular weight is 180 g/mol. The van der Waals surface area contributed by atoms with Crippen molar-refractivity contribution in [2.24, 2.45) is 0 Å². The van der Waals surface area contributed by atoms with Crippen LogP contribution in [0.2, 0.25) is 0 Å². The minimum atomic E-state index is -0.461. The van der Waals surface area contributed by atoms with Gasteiger partial charge in [0.1, 0.15) is 11.6 Å². The highest BCUT2D eigenvalue weighted by Crippen LogP contribution is 2.21. The SMILES string of the molecule is Fc1ccc(F)c(-c2cn[nH]c2)c1. The molecule has 0 unspecified atom stereocenters. The Bertz CT molecular complexity index is 410. The molecule has 0 spiro atoms. The Morgan fingerprint density at radius 2 is 2.08 bits per heavy atom. The van der Waals surface area contributed by atoms with Gasteiger partial charge >= 0.3 is 0 Å². The van der Waals surface area contributed by atoms with Gasteiger partial charge in [0, 0.05) is 17.3 Å². The van der Waals surface area contributed by atoms with E-state index in [0.29, 0.717) is 5.56 Å². The van der Waals surface area contributed by atoms with Gasteiger partial charge in [-0.25, -0.2) is 8.78 Å². The van der Waals surface area contributed by atoms with Crippen molar-refractivity contribution in [3.8, 4) is 11.1 Å². The third kappa shape index (κ3) is 1.42. The highest BCUT2D eigenvalue weighted by atomic mass is 19.1. The standard InChI is InChI=1S/C9H6F2N2/c10-7-1-2-9(11)8(3-7)6-4-12-13-5-6/h1-5H,(H,12,13). The Balaban J connectivity index is 2.57. The molecule has 4 heteroatoms. The third-order valence-electron chi connectivity index (χ3n) is 1.74. The fourth-order valence-corrected chi connectivity index (χ4v) is 1.12. The fourth-order valence-electron chi connectivity index (χ4n) is 1.12. The molecule has 0 aliphatic heterocycles. The van der Waals surface area contributed by atoms with E-state index >= 15 is 0 Å². The number of hydrogen-bond acceptors (Lipinski definition) is 1. The molecule has 2 aromatic rings. The van der Waals surface area contributed by atoms with Gasteiger partial charge in [0.05, 0.1) is 6.20 Å². The molecule has 2 nitrogen and oxygen atoms in total. The molecule has 0 radical (unpaired) electrons. The highest BCUT2D eigenvalue weighted by molar-refractivity contribution is 5.62. The molecule has 13 heavy (non-hydrogen) atoms. The van der Waals surface area contributed by atoms with E-state index in [0.717, 1.165) is 18.2 Å². The van der Waals surface area contributed by atoms with Crippen LogP contribution < -0.4 is 0 Å². The molecule has 0 aliphatic rings. The summed E-state index contributed by atoms with van der Waals surface area (Å²) in [6.45, 7) is 0. The zero-order valence-electron chi connectivity index (χ0n) is 6.59. The van der Waals surface area contributed by atoms with E-state index < -0.39 is 11.6 Å². The van der Waals surface area contributed by atoms with Crippen LogP contribution in [0.15, 0.2) is 30.6 Å². The topological polar surface area (TPSA) is 28.7 Å². The second kappa shape index (κ2) is 2.97. The zero-order valence-corrected chi connectivity index (χ0v) is 6.59. The van der Waals surface area contributed by atoms with Gasteiger partial charge in [0.2, 0.25) is 0 Å². The summed E-state index contributed by atoms with van der Waals surface area (Å²) < 4.78 is 25.9. The Labute approximate surface area is 73.2 Å².